The van der Waals surface area contributed by atoms with Crippen molar-refractivity contribution in [3.8, 4) is 11.5 Å². The van der Waals surface area contributed by atoms with Crippen molar-refractivity contribution >= 4 is 34.8 Å². The van der Waals surface area contributed by atoms with Crippen LogP contribution in [0.3, 0.4) is 0 Å². The van der Waals surface area contributed by atoms with Gasteiger partial charge in [-0.3, -0.25) is 0 Å². The van der Waals surface area contributed by atoms with Gasteiger partial charge in [0.25, 0.3) is 0 Å². The van der Waals surface area contributed by atoms with Gasteiger partial charge in [0.1, 0.15) is 10.8 Å². The number of aromatic hydroxyl groups is 1. The topological polar surface area (TPSA) is 38.7 Å². The summed E-state index contributed by atoms with van der Waals surface area (Å²) in [5.74, 6) is 0.258. The highest BCUT2D eigenvalue weighted by molar-refractivity contribution is 6.37. The summed E-state index contributed by atoms with van der Waals surface area (Å²) in [6.07, 6.45) is -1.63. The van der Waals surface area contributed by atoms with E-state index in [0.717, 1.165) is 12.5 Å². The predicted molar refractivity (Wildman–Crippen MR) is 88.3 cm³/mol. The molecular formula is C15H16Cl3F3O3. The van der Waals surface area contributed by atoms with Crippen LogP contribution in [0.2, 0.25) is 10.0 Å². The molecule has 0 amide bonds. The number of allylic oxidation sites excluding steroid dienone is 1. The lowest BCUT2D eigenvalue weighted by molar-refractivity contribution is -0.0850. The van der Waals surface area contributed by atoms with E-state index >= 15 is 0 Å². The number of benzene rings is 1. The van der Waals surface area contributed by atoms with Gasteiger partial charge < -0.3 is 14.6 Å². The van der Waals surface area contributed by atoms with E-state index in [-0.39, 0.29) is 22.4 Å². The quantitative estimate of drug-likeness (QED) is 0.514. The number of phenolic OH excluding ortho intramolecular Hbond substituents is 1. The standard InChI is InChI=1S/C15H16Cl3F3O3/c16-11-8-10(22)9-12(17)14(11)24-6-3-1-2-5-23-7-4-13(18)15(19,20)21/h4,8-9,22H,1-3,5-7H2. The Hall–Kier alpha value is -0.820. The average Bonchev–Trinajstić information content (AvgIpc) is 2.46. The third-order valence-corrected chi connectivity index (χ3v) is 3.74. The fourth-order valence-electron chi connectivity index (χ4n) is 1.67. The van der Waals surface area contributed by atoms with Crippen molar-refractivity contribution in [1.29, 1.82) is 0 Å². The molecule has 0 aliphatic rings. The fourth-order valence-corrected chi connectivity index (χ4v) is 2.32. The first-order valence-corrected chi connectivity index (χ1v) is 8.16. The number of rotatable bonds is 9. The van der Waals surface area contributed by atoms with Crippen LogP contribution < -0.4 is 4.74 Å². The molecule has 0 saturated heterocycles. The van der Waals surface area contributed by atoms with E-state index in [1.54, 1.807) is 0 Å². The Balaban J connectivity index is 2.14. The van der Waals surface area contributed by atoms with Gasteiger partial charge in [-0.05, 0) is 25.3 Å². The molecule has 0 bridgehead atoms. The zero-order valence-corrected chi connectivity index (χ0v) is 14.8. The highest BCUT2D eigenvalue weighted by atomic mass is 35.5. The molecule has 136 valence electrons. The zero-order valence-electron chi connectivity index (χ0n) is 12.5. The van der Waals surface area contributed by atoms with Crippen molar-refractivity contribution in [3.05, 3.63) is 33.3 Å². The first kappa shape index (κ1) is 21.2. The van der Waals surface area contributed by atoms with Gasteiger partial charge in [0.2, 0.25) is 0 Å². The van der Waals surface area contributed by atoms with Crippen LogP contribution >= 0.6 is 34.8 Å². The van der Waals surface area contributed by atoms with Crippen molar-refractivity contribution in [2.45, 2.75) is 25.4 Å². The van der Waals surface area contributed by atoms with Gasteiger partial charge in [0.15, 0.2) is 5.75 Å². The molecular weight excluding hydrogens is 392 g/mol. The summed E-state index contributed by atoms with van der Waals surface area (Å²) in [5.41, 5.74) is 0. The number of hydrogen-bond acceptors (Lipinski definition) is 3. The highest BCUT2D eigenvalue weighted by Gasteiger charge is 2.31. The lowest BCUT2D eigenvalue weighted by Crippen LogP contribution is -2.08. The molecule has 1 rings (SSSR count). The van der Waals surface area contributed by atoms with Gasteiger partial charge >= 0.3 is 6.18 Å². The van der Waals surface area contributed by atoms with Crippen molar-refractivity contribution in [1.82, 2.24) is 0 Å². The van der Waals surface area contributed by atoms with Crippen molar-refractivity contribution < 1.29 is 27.8 Å². The number of ether oxygens (including phenoxy) is 2. The molecule has 1 N–H and O–H groups in total. The molecule has 0 radical (unpaired) electrons. The van der Waals surface area contributed by atoms with E-state index < -0.39 is 11.2 Å². The van der Waals surface area contributed by atoms with Crippen molar-refractivity contribution in [2.24, 2.45) is 0 Å². The molecule has 0 unspecified atom stereocenters. The molecule has 0 fully saturated rings. The van der Waals surface area contributed by atoms with Crippen molar-refractivity contribution in [2.75, 3.05) is 19.8 Å². The molecule has 1 aromatic carbocycles. The van der Waals surface area contributed by atoms with E-state index in [1.807, 2.05) is 0 Å². The minimum absolute atomic E-state index is 0.0471. The molecule has 1 aromatic rings. The molecule has 0 aliphatic carbocycles. The second-order valence-electron chi connectivity index (χ2n) is 4.77. The van der Waals surface area contributed by atoms with Gasteiger partial charge in [-0.1, -0.05) is 34.8 Å². The minimum atomic E-state index is -4.53. The SMILES string of the molecule is Oc1cc(Cl)c(OCCCCCOCC=C(Cl)C(F)(F)F)c(Cl)c1. The molecule has 3 nitrogen and oxygen atoms in total. The summed E-state index contributed by atoms with van der Waals surface area (Å²) in [4.78, 5) is 0. The number of alkyl halides is 3. The molecule has 9 heteroatoms. The number of phenols is 1. The third kappa shape index (κ3) is 7.83. The second-order valence-corrected chi connectivity index (χ2v) is 5.99. The Bertz CT molecular complexity index is 540. The summed E-state index contributed by atoms with van der Waals surface area (Å²) < 4.78 is 46.7. The van der Waals surface area contributed by atoms with E-state index in [4.69, 9.17) is 44.3 Å². The summed E-state index contributed by atoms with van der Waals surface area (Å²) in [5, 5.41) is 8.55. The Morgan fingerprint density at radius 3 is 2.25 bits per heavy atom. The first-order chi connectivity index (χ1) is 11.2. The Morgan fingerprint density at radius 2 is 1.67 bits per heavy atom. The summed E-state index contributed by atoms with van der Waals surface area (Å²) in [6, 6.07) is 2.66. The molecule has 0 aromatic heterocycles. The van der Waals surface area contributed by atoms with Gasteiger partial charge in [0, 0.05) is 18.7 Å². The largest absolute Gasteiger partial charge is 0.508 e. The van der Waals surface area contributed by atoms with Crippen LogP contribution in [-0.4, -0.2) is 31.1 Å². The fraction of sp³-hybridized carbons (Fsp3) is 0.467. The Morgan fingerprint density at radius 1 is 1.08 bits per heavy atom. The lowest BCUT2D eigenvalue weighted by Gasteiger charge is -2.10. The molecule has 0 saturated carbocycles. The molecule has 0 atom stereocenters. The van der Waals surface area contributed by atoms with E-state index in [9.17, 15) is 18.3 Å². The highest BCUT2D eigenvalue weighted by Crippen LogP contribution is 2.36. The number of hydrogen-bond donors (Lipinski definition) is 1. The van der Waals surface area contributed by atoms with Crippen LogP contribution in [0.4, 0.5) is 13.2 Å². The average molecular weight is 408 g/mol. The predicted octanol–water partition coefficient (Wildman–Crippen LogP) is 5.95. The summed E-state index contributed by atoms with van der Waals surface area (Å²) in [7, 11) is 0. The first-order valence-electron chi connectivity index (χ1n) is 7.03. The lowest BCUT2D eigenvalue weighted by atomic mass is 10.2. The monoisotopic (exact) mass is 406 g/mol. The van der Waals surface area contributed by atoms with E-state index in [2.05, 4.69) is 0 Å². The van der Waals surface area contributed by atoms with Gasteiger partial charge in [-0.25, -0.2) is 0 Å². The van der Waals surface area contributed by atoms with Crippen molar-refractivity contribution in [3.63, 3.8) is 0 Å². The van der Waals surface area contributed by atoms with Gasteiger partial charge in [-0.2, -0.15) is 13.2 Å². The molecule has 24 heavy (non-hydrogen) atoms. The summed E-state index contributed by atoms with van der Waals surface area (Å²) in [6.45, 7) is 0.497. The van der Waals surface area contributed by atoms with Crippen LogP contribution in [0.25, 0.3) is 0 Å². The Labute approximate surface area is 152 Å². The van der Waals surface area contributed by atoms with Crippen LogP contribution in [0.15, 0.2) is 23.2 Å². The molecule has 0 spiro atoms. The minimum Gasteiger partial charge on any atom is -0.508 e. The molecule has 0 heterocycles. The molecule has 0 aliphatic heterocycles. The van der Waals surface area contributed by atoms with Crippen LogP contribution in [0, 0.1) is 0 Å². The van der Waals surface area contributed by atoms with Gasteiger partial charge in [-0.15, -0.1) is 0 Å². The third-order valence-electron chi connectivity index (χ3n) is 2.81. The maximum absolute atomic E-state index is 12.1. The summed E-state index contributed by atoms with van der Waals surface area (Å²) >= 11 is 16.8. The van der Waals surface area contributed by atoms with Gasteiger partial charge in [0.05, 0.1) is 23.3 Å². The Kier molecular flexibility index (Phi) is 9.05. The zero-order chi connectivity index (χ0) is 18.2. The normalized spacial score (nSPS) is 12.5. The van der Waals surface area contributed by atoms with E-state index in [1.165, 1.54) is 12.1 Å². The number of halogens is 6. The number of unbranched alkanes of at least 4 members (excludes halogenated alkanes) is 2. The van der Waals surface area contributed by atoms with Crippen LogP contribution in [0.1, 0.15) is 19.3 Å². The maximum atomic E-state index is 12.1. The van der Waals surface area contributed by atoms with E-state index in [0.29, 0.717) is 31.8 Å². The van der Waals surface area contributed by atoms with Crippen LogP contribution in [-0.2, 0) is 4.74 Å². The smallest absolute Gasteiger partial charge is 0.426 e. The second kappa shape index (κ2) is 10.2. The van der Waals surface area contributed by atoms with Crippen LogP contribution in [0.5, 0.6) is 11.5 Å². The maximum Gasteiger partial charge on any atom is 0.426 e.